The fraction of sp³-hybridized carbons (Fsp3) is 0.909. The second-order valence-corrected chi connectivity index (χ2v) is 7.99. The molecular formula is C11H21N3O2S2. The highest BCUT2D eigenvalue weighted by Gasteiger charge is 2.50. The van der Waals surface area contributed by atoms with Crippen molar-refractivity contribution in [2.24, 2.45) is 11.7 Å². The van der Waals surface area contributed by atoms with Crippen LogP contribution in [-0.4, -0.2) is 60.6 Å². The molecular weight excluding hydrogens is 270 g/mol. The maximum atomic E-state index is 12.3. The van der Waals surface area contributed by atoms with Crippen molar-refractivity contribution in [2.75, 3.05) is 32.4 Å². The predicted molar refractivity (Wildman–Crippen MR) is 75.9 cm³/mol. The Balaban J connectivity index is 2.34. The van der Waals surface area contributed by atoms with Crippen LogP contribution in [0.5, 0.6) is 0 Å². The SMILES string of the molecule is CC1CN(C2(C(N)=S)CCN(C)CC2)S(=O)(=O)C1. The molecule has 0 aliphatic carbocycles. The summed E-state index contributed by atoms with van der Waals surface area (Å²) in [5.41, 5.74) is 5.27. The number of piperidine rings is 1. The van der Waals surface area contributed by atoms with Gasteiger partial charge in [0.25, 0.3) is 0 Å². The first-order valence-corrected chi connectivity index (χ1v) is 8.29. The first-order valence-electron chi connectivity index (χ1n) is 6.27. The minimum atomic E-state index is -3.21. The molecule has 2 saturated heterocycles. The average Bonchev–Trinajstić information content (AvgIpc) is 2.53. The lowest BCUT2D eigenvalue weighted by Crippen LogP contribution is -2.61. The van der Waals surface area contributed by atoms with Gasteiger partial charge in [0.05, 0.1) is 16.3 Å². The van der Waals surface area contributed by atoms with Crippen LogP contribution in [0.15, 0.2) is 0 Å². The van der Waals surface area contributed by atoms with Gasteiger partial charge in [0, 0.05) is 19.6 Å². The van der Waals surface area contributed by atoms with Gasteiger partial charge in [-0.3, -0.25) is 0 Å². The Bertz CT molecular complexity index is 441. The molecule has 2 rings (SSSR count). The summed E-state index contributed by atoms with van der Waals surface area (Å²) in [6.45, 7) is 4.17. The Morgan fingerprint density at radius 3 is 2.33 bits per heavy atom. The van der Waals surface area contributed by atoms with Crippen LogP contribution in [0, 0.1) is 5.92 Å². The number of hydrogen-bond acceptors (Lipinski definition) is 4. The molecule has 0 radical (unpaired) electrons. The lowest BCUT2D eigenvalue weighted by atomic mass is 9.87. The zero-order chi connectivity index (χ0) is 13.6. The molecule has 0 bridgehead atoms. The Hall–Kier alpha value is -0.240. The molecule has 5 nitrogen and oxygen atoms in total. The van der Waals surface area contributed by atoms with Gasteiger partial charge in [0.2, 0.25) is 10.0 Å². The number of rotatable bonds is 2. The smallest absolute Gasteiger partial charge is 0.215 e. The molecule has 0 aromatic carbocycles. The minimum Gasteiger partial charge on any atom is -0.392 e. The van der Waals surface area contributed by atoms with Crippen molar-refractivity contribution in [3.8, 4) is 0 Å². The van der Waals surface area contributed by atoms with Gasteiger partial charge in [-0.05, 0) is 25.8 Å². The number of hydrogen-bond donors (Lipinski definition) is 1. The van der Waals surface area contributed by atoms with Gasteiger partial charge in [-0.25, -0.2) is 8.42 Å². The Kier molecular flexibility index (Phi) is 3.70. The van der Waals surface area contributed by atoms with Crippen molar-refractivity contribution in [3.05, 3.63) is 0 Å². The number of thiocarbonyl (C=S) groups is 1. The van der Waals surface area contributed by atoms with E-state index in [4.69, 9.17) is 18.0 Å². The van der Waals surface area contributed by atoms with Gasteiger partial charge in [-0.15, -0.1) is 0 Å². The molecule has 0 saturated carbocycles. The van der Waals surface area contributed by atoms with E-state index < -0.39 is 15.6 Å². The van der Waals surface area contributed by atoms with E-state index in [0.717, 1.165) is 13.1 Å². The lowest BCUT2D eigenvalue weighted by molar-refractivity contribution is 0.144. The summed E-state index contributed by atoms with van der Waals surface area (Å²) in [5, 5.41) is 0. The van der Waals surface area contributed by atoms with Crippen LogP contribution in [0.3, 0.4) is 0 Å². The van der Waals surface area contributed by atoms with Gasteiger partial charge >= 0.3 is 0 Å². The minimum absolute atomic E-state index is 0.154. The monoisotopic (exact) mass is 291 g/mol. The van der Waals surface area contributed by atoms with Crippen molar-refractivity contribution < 1.29 is 8.42 Å². The van der Waals surface area contributed by atoms with Crippen LogP contribution in [-0.2, 0) is 10.0 Å². The summed E-state index contributed by atoms with van der Waals surface area (Å²) in [6.07, 6.45) is 1.40. The normalized spacial score (nSPS) is 32.4. The van der Waals surface area contributed by atoms with Gasteiger partial charge in [-0.2, -0.15) is 4.31 Å². The number of likely N-dealkylation sites (tertiary alicyclic amines) is 1. The molecule has 0 spiro atoms. The summed E-state index contributed by atoms with van der Waals surface area (Å²) in [5.74, 6) is 0.369. The summed E-state index contributed by atoms with van der Waals surface area (Å²) in [7, 11) is -1.18. The quantitative estimate of drug-likeness (QED) is 0.727. The second-order valence-electron chi connectivity index (χ2n) is 5.61. The Labute approximate surface area is 114 Å². The predicted octanol–water partition coefficient (Wildman–Crippen LogP) is 0.0184. The van der Waals surface area contributed by atoms with E-state index in [1.54, 1.807) is 4.31 Å². The van der Waals surface area contributed by atoms with E-state index in [9.17, 15) is 8.42 Å². The van der Waals surface area contributed by atoms with Gasteiger partial charge in [0.1, 0.15) is 0 Å². The first-order chi connectivity index (χ1) is 8.28. The molecule has 1 atom stereocenters. The van der Waals surface area contributed by atoms with E-state index in [2.05, 4.69) is 4.90 Å². The maximum absolute atomic E-state index is 12.3. The average molecular weight is 291 g/mol. The zero-order valence-electron chi connectivity index (χ0n) is 10.9. The molecule has 104 valence electrons. The van der Waals surface area contributed by atoms with Crippen LogP contribution >= 0.6 is 12.2 Å². The van der Waals surface area contributed by atoms with E-state index in [1.807, 2.05) is 14.0 Å². The van der Waals surface area contributed by atoms with Crippen molar-refractivity contribution in [1.82, 2.24) is 9.21 Å². The maximum Gasteiger partial charge on any atom is 0.215 e. The molecule has 7 heteroatoms. The molecule has 2 aliphatic heterocycles. The van der Waals surface area contributed by atoms with Crippen LogP contribution in [0.1, 0.15) is 19.8 Å². The molecule has 0 aromatic rings. The van der Waals surface area contributed by atoms with Crippen molar-refractivity contribution in [3.63, 3.8) is 0 Å². The second kappa shape index (κ2) is 4.70. The van der Waals surface area contributed by atoms with Crippen LogP contribution in [0.2, 0.25) is 0 Å². The topological polar surface area (TPSA) is 66.6 Å². The number of sulfonamides is 1. The molecule has 2 fully saturated rings. The van der Waals surface area contributed by atoms with E-state index in [1.165, 1.54) is 0 Å². The summed E-state index contributed by atoms with van der Waals surface area (Å²) in [6, 6.07) is 0. The first kappa shape index (κ1) is 14.2. The molecule has 2 N–H and O–H groups in total. The van der Waals surface area contributed by atoms with Gasteiger partial charge in [0.15, 0.2) is 0 Å². The van der Waals surface area contributed by atoms with Crippen molar-refractivity contribution in [2.45, 2.75) is 25.3 Å². The zero-order valence-corrected chi connectivity index (χ0v) is 12.6. The Morgan fingerprint density at radius 1 is 1.39 bits per heavy atom. The highest BCUT2D eigenvalue weighted by Crippen LogP contribution is 2.36. The highest BCUT2D eigenvalue weighted by atomic mass is 32.2. The number of nitrogens with zero attached hydrogens (tertiary/aromatic N) is 2. The largest absolute Gasteiger partial charge is 0.392 e. The van der Waals surface area contributed by atoms with Crippen LogP contribution < -0.4 is 5.73 Å². The molecule has 0 amide bonds. The van der Waals surface area contributed by atoms with Gasteiger partial charge in [-0.1, -0.05) is 19.1 Å². The fourth-order valence-electron chi connectivity index (χ4n) is 2.95. The lowest BCUT2D eigenvalue weighted by Gasteiger charge is -2.45. The third-order valence-electron chi connectivity index (χ3n) is 4.06. The highest BCUT2D eigenvalue weighted by molar-refractivity contribution is 7.89. The third-order valence-corrected chi connectivity index (χ3v) is 6.60. The number of nitrogens with two attached hydrogens (primary N) is 1. The van der Waals surface area contributed by atoms with E-state index in [-0.39, 0.29) is 11.7 Å². The third kappa shape index (κ3) is 2.29. The molecule has 2 aliphatic rings. The molecule has 18 heavy (non-hydrogen) atoms. The van der Waals surface area contributed by atoms with E-state index in [0.29, 0.717) is 24.4 Å². The molecule has 1 unspecified atom stereocenters. The summed E-state index contributed by atoms with van der Waals surface area (Å²) < 4.78 is 26.1. The van der Waals surface area contributed by atoms with Crippen molar-refractivity contribution >= 4 is 27.2 Å². The van der Waals surface area contributed by atoms with Gasteiger partial charge < -0.3 is 10.6 Å². The van der Waals surface area contributed by atoms with Crippen LogP contribution in [0.4, 0.5) is 0 Å². The summed E-state index contributed by atoms with van der Waals surface area (Å²) in [4.78, 5) is 2.51. The fourth-order valence-corrected chi connectivity index (χ4v) is 5.62. The van der Waals surface area contributed by atoms with Crippen molar-refractivity contribution in [1.29, 1.82) is 0 Å². The Morgan fingerprint density at radius 2 is 1.94 bits per heavy atom. The molecule has 0 aromatic heterocycles. The van der Waals surface area contributed by atoms with E-state index >= 15 is 0 Å². The summed E-state index contributed by atoms with van der Waals surface area (Å²) >= 11 is 5.20. The van der Waals surface area contributed by atoms with Crippen LogP contribution in [0.25, 0.3) is 0 Å². The molecule has 2 heterocycles. The standard InChI is InChI=1S/C11H21N3O2S2/c1-9-7-14(18(15,16)8-9)11(10(12)17)3-5-13(2)6-4-11/h9H,3-8H2,1-2H3,(H2,12,17).